The topological polar surface area (TPSA) is 49.4 Å². The van der Waals surface area contributed by atoms with Crippen molar-refractivity contribution in [1.82, 2.24) is 4.31 Å². The van der Waals surface area contributed by atoms with Crippen molar-refractivity contribution in [3.8, 4) is 0 Å². The van der Waals surface area contributed by atoms with E-state index in [1.165, 1.54) is 12.1 Å². The third-order valence-electron chi connectivity index (χ3n) is 4.02. The predicted molar refractivity (Wildman–Crippen MR) is 109 cm³/mol. The highest BCUT2D eigenvalue weighted by atomic mass is 32.2. The van der Waals surface area contributed by atoms with E-state index in [1.54, 1.807) is 40.7 Å². The first kappa shape index (κ1) is 21.4. The van der Waals surface area contributed by atoms with Crippen LogP contribution in [0.25, 0.3) is 0 Å². The van der Waals surface area contributed by atoms with E-state index < -0.39 is 10.0 Å². The molecule has 0 saturated carbocycles. The highest BCUT2D eigenvalue weighted by molar-refractivity contribution is 7.89. The zero-order chi connectivity index (χ0) is 20.0. The average molecular weight is 393 g/mol. The van der Waals surface area contributed by atoms with Gasteiger partial charge >= 0.3 is 0 Å². The first-order valence-electron chi connectivity index (χ1n) is 9.27. The van der Waals surface area contributed by atoms with Gasteiger partial charge in [0, 0.05) is 25.3 Å². The van der Waals surface area contributed by atoms with Crippen LogP contribution in [-0.4, -0.2) is 25.8 Å². The van der Waals surface area contributed by atoms with Gasteiger partial charge in [0.25, 0.3) is 0 Å². The highest BCUT2D eigenvalue weighted by Gasteiger charge is 2.25. The lowest BCUT2D eigenvalue weighted by atomic mass is 10.2. The minimum absolute atomic E-state index is 0.258. The minimum Gasteiger partial charge on any atom is -0.381 e. The molecule has 6 heteroatoms. The van der Waals surface area contributed by atoms with Gasteiger partial charge in [0.15, 0.2) is 0 Å². The number of rotatable bonds is 9. The van der Waals surface area contributed by atoms with Gasteiger partial charge in [-0.3, -0.25) is 0 Å². The van der Waals surface area contributed by atoms with Crippen LogP contribution in [0.15, 0.2) is 53.4 Å². The van der Waals surface area contributed by atoms with E-state index in [0.29, 0.717) is 30.2 Å². The summed E-state index contributed by atoms with van der Waals surface area (Å²) >= 11 is 0. The lowest BCUT2D eigenvalue weighted by molar-refractivity contribution is 0.333. The molecule has 2 aromatic carbocycles. The number of hydrogen-bond acceptors (Lipinski definition) is 3. The molecule has 0 atom stereocenters. The van der Waals surface area contributed by atoms with Gasteiger partial charge in [-0.25, -0.2) is 12.8 Å². The van der Waals surface area contributed by atoms with Crippen LogP contribution >= 0.6 is 0 Å². The summed E-state index contributed by atoms with van der Waals surface area (Å²) in [4.78, 5) is 0.304. The summed E-state index contributed by atoms with van der Waals surface area (Å²) in [7, 11) is -3.52. The van der Waals surface area contributed by atoms with E-state index in [-0.39, 0.29) is 17.7 Å². The minimum atomic E-state index is -3.52. The van der Waals surface area contributed by atoms with Crippen LogP contribution in [0.3, 0.4) is 0 Å². The van der Waals surface area contributed by atoms with Crippen molar-refractivity contribution in [1.29, 1.82) is 0 Å². The maximum atomic E-state index is 13.2. The first-order chi connectivity index (χ1) is 12.7. The fourth-order valence-electron chi connectivity index (χ4n) is 2.82. The second-order valence-electron chi connectivity index (χ2n) is 7.62. The molecule has 0 spiro atoms. The van der Waals surface area contributed by atoms with Crippen molar-refractivity contribution in [3.63, 3.8) is 0 Å². The van der Waals surface area contributed by atoms with Gasteiger partial charge in [-0.1, -0.05) is 45.9 Å². The van der Waals surface area contributed by atoms with Crippen molar-refractivity contribution in [2.45, 2.75) is 39.1 Å². The van der Waals surface area contributed by atoms with Crippen LogP contribution in [0, 0.1) is 17.7 Å². The molecule has 148 valence electrons. The quantitative estimate of drug-likeness (QED) is 0.670. The number of anilines is 1. The Morgan fingerprint density at radius 3 is 2.07 bits per heavy atom. The second kappa shape index (κ2) is 9.33. The molecule has 0 aliphatic rings. The number of benzene rings is 2. The van der Waals surface area contributed by atoms with Crippen molar-refractivity contribution < 1.29 is 12.8 Å². The molecule has 0 unspecified atom stereocenters. The fraction of sp³-hybridized carbons (Fsp3) is 0.429. The standard InChI is InChI=1S/C21H29FN2O2S/c1-16(2)14-24(15-17(3)4)27(25,26)21-10-8-18(9-11-21)13-23-20-7-5-6-19(22)12-20/h5-12,16-17,23H,13-15H2,1-4H3. The normalized spacial score (nSPS) is 12.1. The van der Waals surface area contributed by atoms with Gasteiger partial charge in [-0.2, -0.15) is 4.31 Å². The van der Waals surface area contributed by atoms with Crippen molar-refractivity contribution in [3.05, 3.63) is 59.9 Å². The molecular formula is C21H29FN2O2S. The smallest absolute Gasteiger partial charge is 0.243 e. The molecule has 0 aliphatic carbocycles. The largest absolute Gasteiger partial charge is 0.381 e. The van der Waals surface area contributed by atoms with E-state index in [1.807, 2.05) is 27.7 Å². The van der Waals surface area contributed by atoms with E-state index >= 15 is 0 Å². The first-order valence-corrected chi connectivity index (χ1v) is 10.7. The number of nitrogens with one attached hydrogen (secondary N) is 1. The second-order valence-corrected chi connectivity index (χ2v) is 9.56. The van der Waals surface area contributed by atoms with Gasteiger partial charge < -0.3 is 5.32 Å². The molecule has 0 radical (unpaired) electrons. The van der Waals surface area contributed by atoms with Gasteiger partial charge in [0.05, 0.1) is 4.90 Å². The third-order valence-corrected chi connectivity index (χ3v) is 5.87. The van der Waals surface area contributed by atoms with E-state index in [2.05, 4.69) is 5.32 Å². The summed E-state index contributed by atoms with van der Waals surface area (Å²) in [5.74, 6) is 0.221. The Balaban J connectivity index is 2.11. The van der Waals surface area contributed by atoms with Crippen molar-refractivity contribution in [2.24, 2.45) is 11.8 Å². The number of hydrogen-bond donors (Lipinski definition) is 1. The Morgan fingerprint density at radius 1 is 0.963 bits per heavy atom. The molecule has 27 heavy (non-hydrogen) atoms. The molecule has 0 aromatic heterocycles. The number of halogens is 1. The maximum Gasteiger partial charge on any atom is 0.243 e. The monoisotopic (exact) mass is 392 g/mol. The lowest BCUT2D eigenvalue weighted by Crippen LogP contribution is -2.37. The van der Waals surface area contributed by atoms with Crippen LogP contribution in [0.1, 0.15) is 33.3 Å². The molecule has 0 bridgehead atoms. The highest BCUT2D eigenvalue weighted by Crippen LogP contribution is 2.20. The average Bonchev–Trinajstić information content (AvgIpc) is 2.59. The molecule has 1 N–H and O–H groups in total. The molecule has 2 rings (SSSR count). The van der Waals surface area contributed by atoms with E-state index in [0.717, 1.165) is 5.56 Å². The Hall–Kier alpha value is -1.92. The van der Waals surface area contributed by atoms with Crippen LogP contribution in [0.5, 0.6) is 0 Å². The summed E-state index contributed by atoms with van der Waals surface area (Å²) in [5.41, 5.74) is 1.62. The van der Waals surface area contributed by atoms with Crippen LogP contribution in [0.2, 0.25) is 0 Å². The Labute approximate surface area is 162 Å². The van der Waals surface area contributed by atoms with Gasteiger partial charge in [-0.05, 0) is 47.7 Å². The summed E-state index contributed by atoms with van der Waals surface area (Å²) in [5, 5.41) is 3.14. The summed E-state index contributed by atoms with van der Waals surface area (Å²) in [6, 6.07) is 13.1. The van der Waals surface area contributed by atoms with E-state index in [4.69, 9.17) is 0 Å². The molecule has 0 heterocycles. The van der Waals surface area contributed by atoms with Crippen LogP contribution in [0.4, 0.5) is 10.1 Å². The molecule has 2 aromatic rings. The Kier molecular flexibility index (Phi) is 7.39. The van der Waals surface area contributed by atoms with Gasteiger partial charge in [0.1, 0.15) is 5.82 Å². The predicted octanol–water partition coefficient (Wildman–Crippen LogP) is 4.74. The Morgan fingerprint density at radius 2 is 1.56 bits per heavy atom. The maximum absolute atomic E-state index is 13.2. The SMILES string of the molecule is CC(C)CN(CC(C)C)S(=O)(=O)c1ccc(CNc2cccc(F)c2)cc1. The number of sulfonamides is 1. The van der Waals surface area contributed by atoms with Gasteiger partial charge in [0.2, 0.25) is 10.0 Å². The van der Waals surface area contributed by atoms with Crippen molar-refractivity contribution in [2.75, 3.05) is 18.4 Å². The van der Waals surface area contributed by atoms with Gasteiger partial charge in [-0.15, -0.1) is 0 Å². The fourth-order valence-corrected chi connectivity index (χ4v) is 4.58. The Bertz CT molecular complexity index is 824. The molecular weight excluding hydrogens is 363 g/mol. The summed E-state index contributed by atoms with van der Waals surface area (Å²) in [6.45, 7) is 9.57. The molecule has 0 amide bonds. The zero-order valence-electron chi connectivity index (χ0n) is 16.4. The number of nitrogens with zero attached hydrogens (tertiary/aromatic N) is 1. The molecule has 0 aliphatic heterocycles. The van der Waals surface area contributed by atoms with Crippen molar-refractivity contribution >= 4 is 15.7 Å². The molecule has 0 saturated heterocycles. The lowest BCUT2D eigenvalue weighted by Gasteiger charge is -2.25. The third kappa shape index (κ3) is 6.33. The zero-order valence-corrected chi connectivity index (χ0v) is 17.3. The van der Waals surface area contributed by atoms with Crippen LogP contribution < -0.4 is 5.32 Å². The van der Waals surface area contributed by atoms with Crippen LogP contribution in [-0.2, 0) is 16.6 Å². The summed E-state index contributed by atoms with van der Waals surface area (Å²) < 4.78 is 40.8. The molecule has 0 fully saturated rings. The van der Waals surface area contributed by atoms with E-state index in [9.17, 15) is 12.8 Å². The molecule has 4 nitrogen and oxygen atoms in total. The summed E-state index contributed by atoms with van der Waals surface area (Å²) in [6.07, 6.45) is 0.